The lowest BCUT2D eigenvalue weighted by Crippen LogP contribution is -2.31. The zero-order valence-corrected chi connectivity index (χ0v) is 11.3. The summed E-state index contributed by atoms with van der Waals surface area (Å²) in [7, 11) is 0. The molecule has 0 heterocycles. The number of carboxylic acids is 1. The van der Waals surface area contributed by atoms with Crippen molar-refractivity contribution < 1.29 is 19.8 Å². The molecule has 5 N–H and O–H groups in total. The fraction of sp³-hybridized carbons (Fsp3) is 0.385. The molecule has 0 saturated heterocycles. The Balaban J connectivity index is 2.51. The fourth-order valence-electron chi connectivity index (χ4n) is 1.58. The third kappa shape index (κ3) is 5.15. The summed E-state index contributed by atoms with van der Waals surface area (Å²) < 4.78 is 0. The van der Waals surface area contributed by atoms with E-state index in [1.165, 1.54) is 12.1 Å². The number of carboxylic acid groups (broad SMARTS) is 1. The summed E-state index contributed by atoms with van der Waals surface area (Å²) >= 11 is 0. The van der Waals surface area contributed by atoms with Crippen molar-refractivity contribution in [3.8, 4) is 5.75 Å². The molecule has 0 unspecified atom stereocenters. The summed E-state index contributed by atoms with van der Waals surface area (Å²) in [5, 5.41) is 26.4. The second kappa shape index (κ2) is 8.00. The molecule has 0 fully saturated rings. The minimum atomic E-state index is -1.22. The van der Waals surface area contributed by atoms with Crippen LogP contribution in [0, 0.1) is 0 Å². The number of rotatable bonds is 7. The maximum absolute atomic E-state index is 11.6. The van der Waals surface area contributed by atoms with Crippen LogP contribution in [0.15, 0.2) is 18.2 Å². The van der Waals surface area contributed by atoms with E-state index in [4.69, 9.17) is 5.11 Å². The Labute approximate surface area is 117 Å². The molecule has 110 valence electrons. The molecule has 0 aliphatic carbocycles. The van der Waals surface area contributed by atoms with E-state index < -0.39 is 12.0 Å². The molecule has 1 aromatic carbocycles. The Morgan fingerprint density at radius 3 is 2.65 bits per heavy atom. The van der Waals surface area contributed by atoms with Crippen molar-refractivity contribution in [1.82, 2.24) is 10.6 Å². The normalized spacial score (nSPS) is 10.1. The van der Waals surface area contributed by atoms with Crippen molar-refractivity contribution >= 4 is 17.7 Å². The lowest BCUT2D eigenvalue weighted by Gasteiger charge is -2.10. The standard InChI is InChI=1S/C13H19N3O4/c1-2-14-6-3-7-15-13(20)16-11-5-4-9(17)8-10(11)12(18)19/h4-5,8,14,17H,2-3,6-7H2,1H3,(H,18,19)(H2,15,16,20). The van der Waals surface area contributed by atoms with Crippen molar-refractivity contribution in [2.24, 2.45) is 0 Å². The molecule has 0 aliphatic heterocycles. The van der Waals surface area contributed by atoms with E-state index in [0.29, 0.717) is 6.54 Å². The van der Waals surface area contributed by atoms with Gasteiger partial charge in [-0.3, -0.25) is 0 Å². The van der Waals surface area contributed by atoms with Crippen LogP contribution in [-0.2, 0) is 0 Å². The highest BCUT2D eigenvalue weighted by Crippen LogP contribution is 2.21. The molecule has 0 spiro atoms. The van der Waals surface area contributed by atoms with Gasteiger partial charge in [0.25, 0.3) is 0 Å². The average Bonchev–Trinajstić information content (AvgIpc) is 2.40. The topological polar surface area (TPSA) is 111 Å². The number of amides is 2. The summed E-state index contributed by atoms with van der Waals surface area (Å²) in [5.74, 6) is -1.39. The predicted octanol–water partition coefficient (Wildman–Crippen LogP) is 1.21. The van der Waals surface area contributed by atoms with Crippen molar-refractivity contribution in [2.75, 3.05) is 25.0 Å². The summed E-state index contributed by atoms with van der Waals surface area (Å²) in [5.41, 5.74) is -0.0210. The molecule has 0 aliphatic rings. The zero-order chi connectivity index (χ0) is 15.0. The molecular weight excluding hydrogens is 262 g/mol. The van der Waals surface area contributed by atoms with Crippen molar-refractivity contribution in [3.63, 3.8) is 0 Å². The molecule has 1 aromatic rings. The van der Waals surface area contributed by atoms with E-state index in [1.807, 2.05) is 6.92 Å². The van der Waals surface area contributed by atoms with Crippen molar-refractivity contribution in [2.45, 2.75) is 13.3 Å². The molecule has 1 rings (SSSR count). The number of hydrogen-bond acceptors (Lipinski definition) is 4. The predicted molar refractivity (Wildman–Crippen MR) is 75.2 cm³/mol. The molecular formula is C13H19N3O4. The number of anilines is 1. The number of phenols is 1. The number of phenolic OH excluding ortho intramolecular Hbond substituents is 1. The van der Waals surface area contributed by atoms with Crippen LogP contribution in [-0.4, -0.2) is 41.8 Å². The Kier molecular flexibility index (Phi) is 6.31. The van der Waals surface area contributed by atoms with Crippen LogP contribution in [0.3, 0.4) is 0 Å². The van der Waals surface area contributed by atoms with Crippen molar-refractivity contribution in [1.29, 1.82) is 0 Å². The Morgan fingerprint density at radius 2 is 2.00 bits per heavy atom. The van der Waals surface area contributed by atoms with Gasteiger partial charge in [0, 0.05) is 6.54 Å². The quantitative estimate of drug-likeness (QED) is 0.381. The minimum Gasteiger partial charge on any atom is -0.508 e. The summed E-state index contributed by atoms with van der Waals surface area (Å²) in [6.07, 6.45) is 0.780. The van der Waals surface area contributed by atoms with Crippen LogP contribution in [0.5, 0.6) is 5.75 Å². The average molecular weight is 281 g/mol. The summed E-state index contributed by atoms with van der Waals surface area (Å²) in [6.45, 7) is 4.16. The van der Waals surface area contributed by atoms with E-state index in [9.17, 15) is 14.7 Å². The van der Waals surface area contributed by atoms with Crippen LogP contribution in [0.25, 0.3) is 0 Å². The van der Waals surface area contributed by atoms with Crippen molar-refractivity contribution in [3.05, 3.63) is 23.8 Å². The van der Waals surface area contributed by atoms with E-state index in [2.05, 4.69) is 16.0 Å². The first-order chi connectivity index (χ1) is 9.54. The molecule has 20 heavy (non-hydrogen) atoms. The van der Waals surface area contributed by atoms with E-state index >= 15 is 0 Å². The van der Waals surface area contributed by atoms with Gasteiger partial charge in [0.2, 0.25) is 0 Å². The van der Waals surface area contributed by atoms with Gasteiger partial charge in [0.05, 0.1) is 11.3 Å². The number of benzene rings is 1. The Morgan fingerprint density at radius 1 is 1.25 bits per heavy atom. The highest BCUT2D eigenvalue weighted by Gasteiger charge is 2.13. The highest BCUT2D eigenvalue weighted by molar-refractivity contribution is 6.00. The van der Waals surface area contributed by atoms with E-state index in [-0.39, 0.29) is 17.0 Å². The number of urea groups is 1. The van der Waals surface area contributed by atoms with Crippen LogP contribution in [0.1, 0.15) is 23.7 Å². The molecule has 0 radical (unpaired) electrons. The van der Waals surface area contributed by atoms with Gasteiger partial charge in [-0.2, -0.15) is 0 Å². The fourth-order valence-corrected chi connectivity index (χ4v) is 1.58. The monoisotopic (exact) mass is 281 g/mol. The Bertz CT molecular complexity index is 477. The number of aromatic hydroxyl groups is 1. The largest absolute Gasteiger partial charge is 0.508 e. The van der Waals surface area contributed by atoms with Gasteiger partial charge in [-0.05, 0) is 37.7 Å². The van der Waals surface area contributed by atoms with Crippen LogP contribution in [0.4, 0.5) is 10.5 Å². The number of nitrogens with one attached hydrogen (secondary N) is 3. The summed E-state index contributed by atoms with van der Waals surface area (Å²) in [6, 6.07) is 3.27. The number of carbonyl (C=O) groups is 2. The highest BCUT2D eigenvalue weighted by atomic mass is 16.4. The smallest absolute Gasteiger partial charge is 0.337 e. The third-order valence-electron chi connectivity index (χ3n) is 2.55. The first-order valence-corrected chi connectivity index (χ1v) is 6.36. The van der Waals surface area contributed by atoms with Gasteiger partial charge in [-0.1, -0.05) is 6.92 Å². The number of hydrogen-bond donors (Lipinski definition) is 5. The van der Waals surface area contributed by atoms with E-state index in [0.717, 1.165) is 25.6 Å². The zero-order valence-electron chi connectivity index (χ0n) is 11.3. The minimum absolute atomic E-state index is 0.138. The SMILES string of the molecule is CCNCCCNC(=O)Nc1ccc(O)cc1C(=O)O. The third-order valence-corrected chi connectivity index (χ3v) is 2.55. The molecule has 0 bridgehead atoms. The van der Waals surface area contributed by atoms with E-state index in [1.54, 1.807) is 0 Å². The van der Waals surface area contributed by atoms with Crippen LogP contribution in [0.2, 0.25) is 0 Å². The second-order valence-corrected chi connectivity index (χ2v) is 4.12. The molecule has 7 heteroatoms. The molecule has 7 nitrogen and oxygen atoms in total. The second-order valence-electron chi connectivity index (χ2n) is 4.12. The first kappa shape index (κ1) is 15.8. The van der Waals surface area contributed by atoms with Gasteiger partial charge in [-0.25, -0.2) is 9.59 Å². The van der Waals surface area contributed by atoms with Crippen LogP contribution < -0.4 is 16.0 Å². The number of carbonyl (C=O) groups excluding carboxylic acids is 1. The maximum Gasteiger partial charge on any atom is 0.337 e. The van der Waals surface area contributed by atoms with Gasteiger partial charge in [0.1, 0.15) is 5.75 Å². The van der Waals surface area contributed by atoms with Crippen LogP contribution >= 0.6 is 0 Å². The van der Waals surface area contributed by atoms with Gasteiger partial charge < -0.3 is 26.2 Å². The molecule has 0 atom stereocenters. The first-order valence-electron chi connectivity index (χ1n) is 6.36. The summed E-state index contributed by atoms with van der Waals surface area (Å²) in [4.78, 5) is 22.6. The Hall–Kier alpha value is -2.28. The lowest BCUT2D eigenvalue weighted by atomic mass is 10.1. The van der Waals surface area contributed by atoms with Gasteiger partial charge in [0.15, 0.2) is 0 Å². The molecule has 0 saturated carbocycles. The lowest BCUT2D eigenvalue weighted by molar-refractivity contribution is 0.0697. The molecule has 2 amide bonds. The van der Waals surface area contributed by atoms with Gasteiger partial charge >= 0.3 is 12.0 Å². The number of aromatic carboxylic acids is 1. The van der Waals surface area contributed by atoms with Gasteiger partial charge in [-0.15, -0.1) is 0 Å². The molecule has 0 aromatic heterocycles. The maximum atomic E-state index is 11.6.